The van der Waals surface area contributed by atoms with Gasteiger partial charge in [0.2, 0.25) is 0 Å². The van der Waals surface area contributed by atoms with Crippen molar-refractivity contribution in [2.45, 2.75) is 19.8 Å². The zero-order valence-electron chi connectivity index (χ0n) is 10.7. The molecule has 0 fully saturated rings. The average molecular weight is 265 g/mol. The highest BCUT2D eigenvalue weighted by Crippen LogP contribution is 2.25. The van der Waals surface area contributed by atoms with E-state index in [1.54, 1.807) is 6.20 Å². The molecule has 0 aliphatic heterocycles. The fourth-order valence-electron chi connectivity index (χ4n) is 1.85. The van der Waals surface area contributed by atoms with Gasteiger partial charge in [-0.25, -0.2) is 4.98 Å². The Balaban J connectivity index is 2.13. The lowest BCUT2D eigenvalue weighted by Crippen LogP contribution is -2.08. The van der Waals surface area contributed by atoms with Crippen LogP contribution in [0.25, 0.3) is 11.3 Å². The van der Waals surface area contributed by atoms with Gasteiger partial charge in [-0.3, -0.25) is 0 Å². The maximum absolute atomic E-state index is 6.04. The molecule has 4 heteroatoms. The SMILES string of the molecule is CNCCCc1ncc(-c2cc(C)cc(Cl)c2)o1. The molecule has 2 rings (SSSR count). The molecule has 96 valence electrons. The number of benzene rings is 1. The van der Waals surface area contributed by atoms with E-state index >= 15 is 0 Å². The second-order valence-electron chi connectivity index (χ2n) is 4.34. The molecule has 0 radical (unpaired) electrons. The summed E-state index contributed by atoms with van der Waals surface area (Å²) in [6.07, 6.45) is 3.63. The van der Waals surface area contributed by atoms with E-state index in [1.165, 1.54) is 0 Å². The normalized spacial score (nSPS) is 10.8. The summed E-state index contributed by atoms with van der Waals surface area (Å²) in [4.78, 5) is 4.29. The predicted molar refractivity (Wildman–Crippen MR) is 73.9 cm³/mol. The molecule has 0 aliphatic rings. The molecule has 0 saturated carbocycles. The van der Waals surface area contributed by atoms with E-state index in [0.717, 1.165) is 47.2 Å². The standard InChI is InChI=1S/C14H17ClN2O/c1-10-6-11(8-12(15)7-10)13-9-17-14(18-13)4-3-5-16-2/h6-9,16H,3-5H2,1-2H3. The van der Waals surface area contributed by atoms with Gasteiger partial charge in [-0.2, -0.15) is 0 Å². The molecule has 0 aliphatic carbocycles. The third-order valence-corrected chi connectivity index (χ3v) is 2.92. The highest BCUT2D eigenvalue weighted by atomic mass is 35.5. The first-order valence-corrected chi connectivity index (χ1v) is 6.43. The monoisotopic (exact) mass is 264 g/mol. The van der Waals surface area contributed by atoms with Crippen LogP contribution in [0.5, 0.6) is 0 Å². The summed E-state index contributed by atoms with van der Waals surface area (Å²) < 4.78 is 5.73. The topological polar surface area (TPSA) is 38.1 Å². The average Bonchev–Trinajstić information content (AvgIpc) is 2.77. The summed E-state index contributed by atoms with van der Waals surface area (Å²) in [7, 11) is 1.94. The van der Waals surface area contributed by atoms with Gasteiger partial charge in [0, 0.05) is 17.0 Å². The van der Waals surface area contributed by atoms with Crippen molar-refractivity contribution >= 4 is 11.6 Å². The lowest BCUT2D eigenvalue weighted by Gasteiger charge is -2.00. The molecule has 2 aromatic rings. The zero-order valence-corrected chi connectivity index (χ0v) is 11.4. The van der Waals surface area contributed by atoms with Crippen molar-refractivity contribution in [2.24, 2.45) is 0 Å². The van der Waals surface area contributed by atoms with E-state index in [9.17, 15) is 0 Å². The molecule has 0 amide bonds. The van der Waals surface area contributed by atoms with Crippen molar-refractivity contribution in [3.63, 3.8) is 0 Å². The Hall–Kier alpha value is -1.32. The lowest BCUT2D eigenvalue weighted by molar-refractivity contribution is 0.495. The first-order valence-electron chi connectivity index (χ1n) is 6.06. The number of hydrogen-bond acceptors (Lipinski definition) is 3. The quantitative estimate of drug-likeness (QED) is 0.841. The highest BCUT2D eigenvalue weighted by Gasteiger charge is 2.07. The van der Waals surface area contributed by atoms with Crippen molar-refractivity contribution in [1.29, 1.82) is 0 Å². The van der Waals surface area contributed by atoms with E-state index in [2.05, 4.69) is 10.3 Å². The van der Waals surface area contributed by atoms with Crippen LogP contribution in [0.1, 0.15) is 17.9 Å². The van der Waals surface area contributed by atoms with Gasteiger partial charge in [0.05, 0.1) is 6.20 Å². The summed E-state index contributed by atoms with van der Waals surface area (Å²) in [5.41, 5.74) is 2.10. The van der Waals surface area contributed by atoms with Crippen molar-refractivity contribution in [3.8, 4) is 11.3 Å². The Labute approximate surface area is 112 Å². The van der Waals surface area contributed by atoms with Crippen molar-refractivity contribution < 1.29 is 4.42 Å². The molecule has 0 saturated heterocycles. The maximum atomic E-state index is 6.04. The van der Waals surface area contributed by atoms with Crippen LogP contribution >= 0.6 is 11.6 Å². The summed E-state index contributed by atoms with van der Waals surface area (Å²) in [5, 5.41) is 3.82. The molecule has 3 nitrogen and oxygen atoms in total. The van der Waals surface area contributed by atoms with Gasteiger partial charge in [0.1, 0.15) is 0 Å². The molecule has 18 heavy (non-hydrogen) atoms. The number of aryl methyl sites for hydroxylation is 2. The number of nitrogens with zero attached hydrogens (tertiary/aromatic N) is 1. The van der Waals surface area contributed by atoms with Crippen LogP contribution in [-0.4, -0.2) is 18.6 Å². The van der Waals surface area contributed by atoms with Gasteiger partial charge in [-0.05, 0) is 50.7 Å². The fraction of sp³-hybridized carbons (Fsp3) is 0.357. The minimum absolute atomic E-state index is 0.720. The summed E-state index contributed by atoms with van der Waals surface area (Å²) in [5.74, 6) is 1.55. The van der Waals surface area contributed by atoms with Crippen LogP contribution < -0.4 is 5.32 Å². The van der Waals surface area contributed by atoms with Gasteiger partial charge in [0.25, 0.3) is 0 Å². The van der Waals surface area contributed by atoms with Crippen LogP contribution in [0, 0.1) is 6.92 Å². The molecule has 0 atom stereocenters. The lowest BCUT2D eigenvalue weighted by atomic mass is 10.1. The molecule has 0 spiro atoms. The van der Waals surface area contributed by atoms with Crippen molar-refractivity contribution in [3.05, 3.63) is 40.9 Å². The fourth-order valence-corrected chi connectivity index (χ4v) is 2.14. The summed E-state index contributed by atoms with van der Waals surface area (Å²) in [6.45, 7) is 2.98. The van der Waals surface area contributed by atoms with E-state index in [1.807, 2.05) is 32.2 Å². The summed E-state index contributed by atoms with van der Waals surface area (Å²) >= 11 is 6.04. The number of oxazole rings is 1. The minimum Gasteiger partial charge on any atom is -0.441 e. The number of rotatable bonds is 5. The number of nitrogens with one attached hydrogen (secondary N) is 1. The van der Waals surface area contributed by atoms with Crippen LogP contribution in [-0.2, 0) is 6.42 Å². The highest BCUT2D eigenvalue weighted by molar-refractivity contribution is 6.30. The molecule has 1 heterocycles. The van der Waals surface area contributed by atoms with Gasteiger partial charge < -0.3 is 9.73 Å². The van der Waals surface area contributed by atoms with E-state index in [0.29, 0.717) is 0 Å². The van der Waals surface area contributed by atoms with Crippen LogP contribution in [0.3, 0.4) is 0 Å². The Kier molecular flexibility index (Phi) is 4.39. The molecule has 0 unspecified atom stereocenters. The van der Waals surface area contributed by atoms with Gasteiger partial charge >= 0.3 is 0 Å². The van der Waals surface area contributed by atoms with Crippen molar-refractivity contribution in [1.82, 2.24) is 10.3 Å². The third kappa shape index (κ3) is 3.34. The maximum Gasteiger partial charge on any atom is 0.194 e. The molecular weight excluding hydrogens is 248 g/mol. The number of halogens is 1. The van der Waals surface area contributed by atoms with Crippen LogP contribution in [0.4, 0.5) is 0 Å². The number of aromatic nitrogens is 1. The smallest absolute Gasteiger partial charge is 0.194 e. The number of hydrogen-bond donors (Lipinski definition) is 1. The minimum atomic E-state index is 0.720. The van der Waals surface area contributed by atoms with Gasteiger partial charge in [-0.15, -0.1) is 0 Å². The zero-order chi connectivity index (χ0) is 13.0. The second-order valence-corrected chi connectivity index (χ2v) is 4.78. The van der Waals surface area contributed by atoms with Crippen LogP contribution in [0.2, 0.25) is 5.02 Å². The first kappa shape index (κ1) is 13.1. The van der Waals surface area contributed by atoms with Crippen molar-refractivity contribution in [2.75, 3.05) is 13.6 Å². The van der Waals surface area contributed by atoms with E-state index in [-0.39, 0.29) is 0 Å². The van der Waals surface area contributed by atoms with E-state index < -0.39 is 0 Å². The summed E-state index contributed by atoms with van der Waals surface area (Å²) in [6, 6.07) is 5.87. The Morgan fingerprint density at radius 3 is 2.89 bits per heavy atom. The van der Waals surface area contributed by atoms with E-state index in [4.69, 9.17) is 16.0 Å². The predicted octanol–water partition coefficient (Wildman–Crippen LogP) is 3.46. The Morgan fingerprint density at radius 1 is 1.33 bits per heavy atom. The van der Waals surface area contributed by atoms with Gasteiger partial charge in [0.15, 0.2) is 11.7 Å². The third-order valence-electron chi connectivity index (χ3n) is 2.70. The van der Waals surface area contributed by atoms with Gasteiger partial charge in [-0.1, -0.05) is 11.6 Å². The Bertz CT molecular complexity index is 502. The largest absolute Gasteiger partial charge is 0.441 e. The molecule has 1 aromatic carbocycles. The second kappa shape index (κ2) is 6.03. The molecule has 0 bridgehead atoms. The molecular formula is C14H17ClN2O. The van der Waals surface area contributed by atoms with Crippen LogP contribution in [0.15, 0.2) is 28.8 Å². The Morgan fingerprint density at radius 2 is 2.17 bits per heavy atom. The molecule has 1 N–H and O–H groups in total. The molecule has 1 aromatic heterocycles. The first-order chi connectivity index (χ1) is 8.69.